The van der Waals surface area contributed by atoms with Gasteiger partial charge in [-0.15, -0.1) is 0 Å². The van der Waals surface area contributed by atoms with Gasteiger partial charge in [0.15, 0.2) is 0 Å². The molecule has 0 saturated carbocycles. The molecule has 0 N–H and O–H groups in total. The third-order valence-electron chi connectivity index (χ3n) is 7.17. The van der Waals surface area contributed by atoms with Gasteiger partial charge in [-0.25, -0.2) is 0 Å². The minimum Gasteiger partial charge on any atom is -0.356 e. The predicted octanol–water partition coefficient (Wildman–Crippen LogP) is 9.65. The van der Waals surface area contributed by atoms with E-state index in [0.717, 1.165) is 6.54 Å². The average molecular weight is 435 g/mol. The number of unbranched alkanes of at least 4 members (excludes halogenated alkanes) is 18. The van der Waals surface area contributed by atoms with E-state index in [-0.39, 0.29) is 0 Å². The standard InChI is InChI=1S/C29H58N2/c1-4-7-9-11-13-15-16-18-20-22-24-26-31-28-27-30(6-3)29(31)25-23-21-19-17-14-12-10-8-5-2/h27-29H,4-26H2,1-3H3. The maximum absolute atomic E-state index is 2.64. The highest BCUT2D eigenvalue weighted by Gasteiger charge is 2.23. The van der Waals surface area contributed by atoms with Crippen molar-refractivity contribution in [2.45, 2.75) is 162 Å². The highest BCUT2D eigenvalue weighted by Crippen LogP contribution is 2.22. The molecular weight excluding hydrogens is 376 g/mol. The van der Waals surface area contributed by atoms with Crippen molar-refractivity contribution in [1.29, 1.82) is 0 Å². The normalized spacial score (nSPS) is 16.0. The quantitative estimate of drug-likeness (QED) is 0.148. The molecule has 0 radical (unpaired) electrons. The molecule has 0 aliphatic carbocycles. The van der Waals surface area contributed by atoms with Gasteiger partial charge in [0.25, 0.3) is 0 Å². The molecule has 1 aliphatic rings. The van der Waals surface area contributed by atoms with Crippen molar-refractivity contribution in [3.05, 3.63) is 12.4 Å². The molecule has 2 heteroatoms. The van der Waals surface area contributed by atoms with E-state index in [4.69, 9.17) is 0 Å². The van der Waals surface area contributed by atoms with Crippen LogP contribution in [0, 0.1) is 0 Å². The summed E-state index contributed by atoms with van der Waals surface area (Å²) in [7, 11) is 0. The lowest BCUT2D eigenvalue weighted by Gasteiger charge is -2.32. The molecule has 2 nitrogen and oxygen atoms in total. The fraction of sp³-hybridized carbons (Fsp3) is 0.931. The zero-order valence-electron chi connectivity index (χ0n) is 21.9. The summed E-state index contributed by atoms with van der Waals surface area (Å²) in [5, 5.41) is 0. The molecule has 0 bridgehead atoms. The summed E-state index contributed by atoms with van der Waals surface area (Å²) in [6.45, 7) is 9.31. The lowest BCUT2D eigenvalue weighted by atomic mass is 10.0. The SMILES string of the molecule is CCCCCCCCCCCCCN1C=CN(CC)C1CCCCCCCCCCC. The second kappa shape index (κ2) is 21.2. The van der Waals surface area contributed by atoms with Crippen LogP contribution in [0.5, 0.6) is 0 Å². The minimum atomic E-state index is 0.637. The summed E-state index contributed by atoms with van der Waals surface area (Å²) in [6, 6.07) is 0. The zero-order valence-corrected chi connectivity index (χ0v) is 21.9. The molecule has 1 atom stereocenters. The Morgan fingerprint density at radius 2 is 0.839 bits per heavy atom. The summed E-state index contributed by atoms with van der Waals surface area (Å²) in [4.78, 5) is 5.20. The fourth-order valence-electron chi connectivity index (χ4n) is 5.03. The Labute approximate surface area is 197 Å². The van der Waals surface area contributed by atoms with Gasteiger partial charge in [-0.05, 0) is 26.2 Å². The van der Waals surface area contributed by atoms with Crippen molar-refractivity contribution in [3.8, 4) is 0 Å². The van der Waals surface area contributed by atoms with E-state index in [9.17, 15) is 0 Å². The third kappa shape index (κ3) is 14.9. The molecule has 0 saturated heterocycles. The monoisotopic (exact) mass is 434 g/mol. The van der Waals surface area contributed by atoms with E-state index in [1.165, 1.54) is 141 Å². The topological polar surface area (TPSA) is 6.48 Å². The van der Waals surface area contributed by atoms with Crippen molar-refractivity contribution in [3.63, 3.8) is 0 Å². The van der Waals surface area contributed by atoms with Gasteiger partial charge in [-0.3, -0.25) is 0 Å². The Morgan fingerprint density at radius 3 is 1.29 bits per heavy atom. The Hall–Kier alpha value is -0.660. The largest absolute Gasteiger partial charge is 0.356 e. The van der Waals surface area contributed by atoms with Crippen LogP contribution in [0.15, 0.2) is 12.4 Å². The van der Waals surface area contributed by atoms with Crippen LogP contribution >= 0.6 is 0 Å². The molecule has 0 aromatic rings. The summed E-state index contributed by atoms with van der Waals surface area (Å²) < 4.78 is 0. The Kier molecular flexibility index (Phi) is 19.4. The van der Waals surface area contributed by atoms with Crippen LogP contribution in [0.25, 0.3) is 0 Å². The molecule has 1 aliphatic heterocycles. The van der Waals surface area contributed by atoms with Crippen molar-refractivity contribution in [2.75, 3.05) is 13.1 Å². The van der Waals surface area contributed by atoms with E-state index in [1.807, 2.05) is 0 Å². The summed E-state index contributed by atoms with van der Waals surface area (Å²) in [6.07, 6.45) is 35.3. The molecule has 0 spiro atoms. The van der Waals surface area contributed by atoms with Crippen LogP contribution in [0.2, 0.25) is 0 Å². The molecule has 1 rings (SSSR count). The highest BCUT2D eigenvalue weighted by atomic mass is 15.4. The van der Waals surface area contributed by atoms with Gasteiger partial charge in [0.1, 0.15) is 6.17 Å². The lowest BCUT2D eigenvalue weighted by Crippen LogP contribution is -2.38. The van der Waals surface area contributed by atoms with Gasteiger partial charge < -0.3 is 9.80 Å². The van der Waals surface area contributed by atoms with Gasteiger partial charge in [0.2, 0.25) is 0 Å². The maximum atomic E-state index is 2.64. The highest BCUT2D eigenvalue weighted by molar-refractivity contribution is 4.96. The molecule has 0 aromatic heterocycles. The maximum Gasteiger partial charge on any atom is 0.101 e. The second-order valence-electron chi connectivity index (χ2n) is 10.00. The van der Waals surface area contributed by atoms with Crippen molar-refractivity contribution in [2.24, 2.45) is 0 Å². The van der Waals surface area contributed by atoms with Gasteiger partial charge in [0.05, 0.1) is 0 Å². The van der Waals surface area contributed by atoms with Gasteiger partial charge >= 0.3 is 0 Å². The molecule has 31 heavy (non-hydrogen) atoms. The van der Waals surface area contributed by atoms with Gasteiger partial charge in [0, 0.05) is 25.5 Å². The van der Waals surface area contributed by atoms with Crippen LogP contribution in [0.1, 0.15) is 156 Å². The average Bonchev–Trinajstić information content (AvgIpc) is 3.18. The first-order chi connectivity index (χ1) is 15.3. The third-order valence-corrected chi connectivity index (χ3v) is 7.17. The fourth-order valence-corrected chi connectivity index (χ4v) is 5.03. The molecule has 1 unspecified atom stereocenters. The molecular formula is C29H58N2. The molecule has 1 heterocycles. The van der Waals surface area contributed by atoms with Gasteiger partial charge in [-0.1, -0.05) is 129 Å². The predicted molar refractivity (Wildman–Crippen MR) is 140 cm³/mol. The van der Waals surface area contributed by atoms with E-state index < -0.39 is 0 Å². The summed E-state index contributed by atoms with van der Waals surface area (Å²) in [5.74, 6) is 0. The second-order valence-corrected chi connectivity index (χ2v) is 10.00. The van der Waals surface area contributed by atoms with Crippen LogP contribution < -0.4 is 0 Å². The Bertz CT molecular complexity index is 392. The van der Waals surface area contributed by atoms with E-state index in [1.54, 1.807) is 0 Å². The van der Waals surface area contributed by atoms with E-state index in [2.05, 4.69) is 43.0 Å². The Morgan fingerprint density at radius 1 is 0.452 bits per heavy atom. The first-order valence-electron chi connectivity index (χ1n) is 14.5. The summed E-state index contributed by atoms with van der Waals surface area (Å²) in [5.41, 5.74) is 0. The molecule has 0 fully saturated rings. The molecule has 184 valence electrons. The zero-order chi connectivity index (χ0) is 22.4. The van der Waals surface area contributed by atoms with Crippen LogP contribution in [-0.4, -0.2) is 29.1 Å². The van der Waals surface area contributed by atoms with Crippen LogP contribution in [-0.2, 0) is 0 Å². The van der Waals surface area contributed by atoms with Crippen LogP contribution in [0.3, 0.4) is 0 Å². The molecule has 0 aromatic carbocycles. The first-order valence-corrected chi connectivity index (χ1v) is 14.5. The number of hydrogen-bond donors (Lipinski definition) is 0. The number of rotatable bonds is 23. The van der Waals surface area contributed by atoms with E-state index >= 15 is 0 Å². The number of hydrogen-bond acceptors (Lipinski definition) is 2. The van der Waals surface area contributed by atoms with Crippen molar-refractivity contribution < 1.29 is 0 Å². The summed E-state index contributed by atoms with van der Waals surface area (Å²) >= 11 is 0. The smallest absolute Gasteiger partial charge is 0.101 e. The minimum absolute atomic E-state index is 0.637. The van der Waals surface area contributed by atoms with E-state index in [0.29, 0.717) is 6.17 Å². The van der Waals surface area contributed by atoms with Crippen molar-refractivity contribution in [1.82, 2.24) is 9.80 Å². The van der Waals surface area contributed by atoms with Crippen molar-refractivity contribution >= 4 is 0 Å². The lowest BCUT2D eigenvalue weighted by molar-refractivity contribution is 0.142. The Balaban J connectivity index is 2.02. The van der Waals surface area contributed by atoms with Crippen LogP contribution in [0.4, 0.5) is 0 Å². The van der Waals surface area contributed by atoms with Gasteiger partial charge in [-0.2, -0.15) is 0 Å². The number of nitrogens with zero attached hydrogens (tertiary/aromatic N) is 2. The first kappa shape index (κ1) is 28.4. The molecule has 0 amide bonds.